The number of carbonyl (C=O) groups is 1. The van der Waals surface area contributed by atoms with Gasteiger partial charge in [0.05, 0.1) is 20.8 Å². The van der Waals surface area contributed by atoms with E-state index >= 15 is 0 Å². The first kappa shape index (κ1) is 12.5. The number of carbonyl (C=O) groups excluding carboxylic acids is 1. The molecule has 0 bridgehead atoms. The van der Waals surface area contributed by atoms with E-state index in [1.165, 1.54) is 0 Å². The lowest BCUT2D eigenvalue weighted by atomic mass is 10.1. The Morgan fingerprint density at radius 1 is 1.28 bits per heavy atom. The fourth-order valence-electron chi connectivity index (χ4n) is 1.94. The average molecular weight is 247 g/mol. The van der Waals surface area contributed by atoms with Crippen molar-refractivity contribution < 1.29 is 14.3 Å². The minimum Gasteiger partial charge on any atom is -0.497 e. The number of nitrogens with zero attached hydrogens (tertiary/aromatic N) is 1. The largest absolute Gasteiger partial charge is 0.497 e. The van der Waals surface area contributed by atoms with Crippen LogP contribution in [-0.2, 0) is 11.3 Å². The molecule has 1 heterocycles. The number of rotatable bonds is 4. The van der Waals surface area contributed by atoms with Crippen LogP contribution in [0.15, 0.2) is 30.5 Å². The maximum atomic E-state index is 11.7. The molecule has 96 valence electrons. The van der Waals surface area contributed by atoms with Crippen molar-refractivity contribution in [3.05, 3.63) is 36.0 Å². The number of allylic oxidation sites excluding steroid dienone is 1. The van der Waals surface area contributed by atoms with Gasteiger partial charge in [0.25, 0.3) is 0 Å². The number of methoxy groups -OCH3 is 2. The zero-order chi connectivity index (χ0) is 13.0. The van der Waals surface area contributed by atoms with Crippen molar-refractivity contribution in [2.45, 2.75) is 19.4 Å². The van der Waals surface area contributed by atoms with Crippen LogP contribution in [0, 0.1) is 0 Å². The highest BCUT2D eigenvalue weighted by Gasteiger charge is 2.16. The van der Waals surface area contributed by atoms with E-state index in [4.69, 9.17) is 9.47 Å². The fraction of sp³-hybridized carbons (Fsp3) is 0.357. The summed E-state index contributed by atoms with van der Waals surface area (Å²) in [7, 11) is 3.23. The van der Waals surface area contributed by atoms with Crippen LogP contribution in [0.1, 0.15) is 18.4 Å². The summed E-state index contributed by atoms with van der Waals surface area (Å²) in [5.41, 5.74) is 0.971. The first-order chi connectivity index (χ1) is 8.74. The molecule has 0 unspecified atom stereocenters. The summed E-state index contributed by atoms with van der Waals surface area (Å²) in [4.78, 5) is 13.4. The molecule has 1 aliphatic heterocycles. The van der Waals surface area contributed by atoms with E-state index in [9.17, 15) is 4.79 Å². The van der Waals surface area contributed by atoms with Gasteiger partial charge in [-0.3, -0.25) is 4.79 Å². The van der Waals surface area contributed by atoms with Gasteiger partial charge in [-0.1, -0.05) is 6.08 Å². The molecule has 2 rings (SSSR count). The fourth-order valence-corrected chi connectivity index (χ4v) is 1.94. The highest BCUT2D eigenvalue weighted by molar-refractivity contribution is 5.78. The Labute approximate surface area is 107 Å². The lowest BCUT2D eigenvalue weighted by molar-refractivity contribution is -0.129. The van der Waals surface area contributed by atoms with Crippen molar-refractivity contribution in [3.63, 3.8) is 0 Å². The Hall–Kier alpha value is -1.97. The zero-order valence-corrected chi connectivity index (χ0v) is 10.7. The summed E-state index contributed by atoms with van der Waals surface area (Å²) in [6, 6.07) is 5.62. The summed E-state index contributed by atoms with van der Waals surface area (Å²) >= 11 is 0. The van der Waals surface area contributed by atoms with Crippen LogP contribution in [0.2, 0.25) is 0 Å². The minimum absolute atomic E-state index is 0.148. The topological polar surface area (TPSA) is 38.8 Å². The van der Waals surface area contributed by atoms with E-state index < -0.39 is 0 Å². The second kappa shape index (κ2) is 5.58. The third-order valence-corrected chi connectivity index (χ3v) is 2.97. The highest BCUT2D eigenvalue weighted by Crippen LogP contribution is 2.26. The number of benzene rings is 1. The van der Waals surface area contributed by atoms with Crippen LogP contribution in [0.5, 0.6) is 11.5 Å². The maximum absolute atomic E-state index is 11.7. The molecule has 1 aliphatic rings. The van der Waals surface area contributed by atoms with Crippen molar-refractivity contribution in [3.8, 4) is 11.5 Å². The van der Waals surface area contributed by atoms with Gasteiger partial charge in [-0.05, 0) is 18.6 Å². The molecule has 4 nitrogen and oxygen atoms in total. The Bertz CT molecular complexity index is 468. The van der Waals surface area contributed by atoms with E-state index in [0.29, 0.717) is 13.0 Å². The molecule has 0 radical (unpaired) electrons. The van der Waals surface area contributed by atoms with E-state index in [0.717, 1.165) is 23.5 Å². The first-order valence-electron chi connectivity index (χ1n) is 5.91. The molecule has 4 heteroatoms. The normalized spacial score (nSPS) is 14.8. The molecule has 0 N–H and O–H groups in total. The molecule has 1 aromatic carbocycles. The van der Waals surface area contributed by atoms with Gasteiger partial charge in [-0.25, -0.2) is 0 Å². The van der Waals surface area contributed by atoms with Gasteiger partial charge in [0, 0.05) is 24.3 Å². The first-order valence-corrected chi connectivity index (χ1v) is 5.91. The van der Waals surface area contributed by atoms with Crippen molar-refractivity contribution in [1.29, 1.82) is 0 Å². The smallest absolute Gasteiger partial charge is 0.227 e. The van der Waals surface area contributed by atoms with Crippen molar-refractivity contribution in [2.24, 2.45) is 0 Å². The maximum Gasteiger partial charge on any atom is 0.227 e. The Morgan fingerprint density at radius 3 is 2.78 bits per heavy atom. The van der Waals surface area contributed by atoms with Gasteiger partial charge < -0.3 is 14.4 Å². The molecule has 0 saturated heterocycles. The number of hydrogen-bond donors (Lipinski definition) is 0. The summed E-state index contributed by atoms with van der Waals surface area (Å²) in [6.07, 6.45) is 5.26. The molecule has 0 aliphatic carbocycles. The number of hydrogen-bond acceptors (Lipinski definition) is 3. The SMILES string of the molecule is COc1ccc(CN2C=CCCC2=O)c(OC)c1. The van der Waals surface area contributed by atoms with Gasteiger partial charge in [-0.2, -0.15) is 0 Å². The van der Waals surface area contributed by atoms with E-state index in [1.54, 1.807) is 19.1 Å². The lowest BCUT2D eigenvalue weighted by Crippen LogP contribution is -2.27. The van der Waals surface area contributed by atoms with Gasteiger partial charge in [0.2, 0.25) is 5.91 Å². The summed E-state index contributed by atoms with van der Waals surface area (Å²) in [6.45, 7) is 0.530. The highest BCUT2D eigenvalue weighted by atomic mass is 16.5. The second-order valence-corrected chi connectivity index (χ2v) is 4.12. The molecular formula is C14H17NO3. The van der Waals surface area contributed by atoms with Crippen LogP contribution < -0.4 is 9.47 Å². The zero-order valence-electron chi connectivity index (χ0n) is 10.7. The molecule has 18 heavy (non-hydrogen) atoms. The molecule has 1 aromatic rings. The average Bonchev–Trinajstić information content (AvgIpc) is 2.41. The van der Waals surface area contributed by atoms with E-state index in [2.05, 4.69) is 0 Å². The summed E-state index contributed by atoms with van der Waals surface area (Å²) < 4.78 is 10.5. The Kier molecular flexibility index (Phi) is 3.87. The summed E-state index contributed by atoms with van der Waals surface area (Å²) in [5.74, 6) is 1.63. The van der Waals surface area contributed by atoms with E-state index in [-0.39, 0.29) is 5.91 Å². The van der Waals surface area contributed by atoms with Gasteiger partial charge in [0.15, 0.2) is 0 Å². The minimum atomic E-state index is 0.148. The number of ether oxygens (including phenoxy) is 2. The predicted octanol–water partition coefficient (Wildman–Crippen LogP) is 2.34. The lowest BCUT2D eigenvalue weighted by Gasteiger charge is -2.22. The van der Waals surface area contributed by atoms with Gasteiger partial charge in [0.1, 0.15) is 11.5 Å². The van der Waals surface area contributed by atoms with Gasteiger partial charge in [-0.15, -0.1) is 0 Å². The second-order valence-electron chi connectivity index (χ2n) is 4.12. The van der Waals surface area contributed by atoms with Crippen LogP contribution in [-0.4, -0.2) is 25.0 Å². The monoisotopic (exact) mass is 247 g/mol. The van der Waals surface area contributed by atoms with Crippen LogP contribution in [0.3, 0.4) is 0 Å². The number of amides is 1. The van der Waals surface area contributed by atoms with Crippen LogP contribution >= 0.6 is 0 Å². The van der Waals surface area contributed by atoms with Crippen LogP contribution in [0.25, 0.3) is 0 Å². The Morgan fingerprint density at radius 2 is 2.11 bits per heavy atom. The molecule has 0 atom stereocenters. The molecule has 0 aromatic heterocycles. The molecule has 0 saturated carbocycles. The van der Waals surface area contributed by atoms with Crippen LogP contribution in [0.4, 0.5) is 0 Å². The van der Waals surface area contributed by atoms with Crippen molar-refractivity contribution >= 4 is 5.91 Å². The quantitative estimate of drug-likeness (QED) is 0.819. The molecule has 0 spiro atoms. The molecular weight excluding hydrogens is 230 g/mol. The van der Waals surface area contributed by atoms with E-state index in [1.807, 2.05) is 30.5 Å². The van der Waals surface area contributed by atoms with Crippen molar-refractivity contribution in [1.82, 2.24) is 4.90 Å². The predicted molar refractivity (Wildman–Crippen MR) is 68.5 cm³/mol. The molecule has 0 fully saturated rings. The standard InChI is InChI=1S/C14H17NO3/c1-17-12-7-6-11(13(9-12)18-2)10-15-8-4-3-5-14(15)16/h4,6-9H,3,5,10H2,1-2H3. The van der Waals surface area contributed by atoms with Gasteiger partial charge >= 0.3 is 0 Å². The van der Waals surface area contributed by atoms with Crippen molar-refractivity contribution in [2.75, 3.05) is 14.2 Å². The summed E-state index contributed by atoms with van der Waals surface area (Å²) in [5, 5.41) is 0. The molecule has 1 amide bonds. The third-order valence-electron chi connectivity index (χ3n) is 2.97. The Balaban J connectivity index is 2.20. The third kappa shape index (κ3) is 2.64.